The smallest absolute Gasteiger partial charge is 0.258 e. The summed E-state index contributed by atoms with van der Waals surface area (Å²) in [5.74, 6) is -1.67. The molecule has 1 aliphatic heterocycles. The second-order valence-corrected chi connectivity index (χ2v) is 6.63. The summed E-state index contributed by atoms with van der Waals surface area (Å²) < 4.78 is 13.9. The van der Waals surface area contributed by atoms with Gasteiger partial charge in [0, 0.05) is 25.6 Å². The molecule has 2 unspecified atom stereocenters. The number of hydrogen-bond acceptors (Lipinski definition) is 4. The summed E-state index contributed by atoms with van der Waals surface area (Å²) in [5, 5.41) is 18.3. The number of nitrogens with one attached hydrogen (secondary N) is 3. The summed E-state index contributed by atoms with van der Waals surface area (Å²) in [6.45, 7) is 3.22. The summed E-state index contributed by atoms with van der Waals surface area (Å²) in [6, 6.07) is 10.8. The molecule has 150 valence electrons. The lowest BCUT2D eigenvalue weighted by Gasteiger charge is -2.17. The lowest BCUT2D eigenvalue weighted by molar-refractivity contribution is 0.0928. The van der Waals surface area contributed by atoms with E-state index in [0.29, 0.717) is 36.4 Å². The molecule has 1 heterocycles. The van der Waals surface area contributed by atoms with E-state index in [9.17, 15) is 19.1 Å². The number of amides is 2. The number of β-amino-alcohol motifs (C(OH)–C–C–N with tert-alkyl or cyclic N) is 1. The Morgan fingerprint density at radius 3 is 2.50 bits per heavy atom. The van der Waals surface area contributed by atoms with Crippen molar-refractivity contribution in [2.24, 2.45) is 5.92 Å². The molecule has 2 aromatic carbocycles. The Labute approximate surface area is 168 Å². The van der Waals surface area contributed by atoms with Crippen molar-refractivity contribution in [1.82, 2.24) is 10.6 Å². The molecule has 0 saturated carbocycles. The Kier molecular flexibility index (Phi) is 7.51. The highest BCUT2D eigenvalue weighted by atomic mass is 35.5. The minimum Gasteiger partial charge on any atom is -0.391 e. The highest BCUT2D eigenvalue weighted by Crippen LogP contribution is 2.22. The maximum absolute atomic E-state index is 13.9. The van der Waals surface area contributed by atoms with Crippen molar-refractivity contribution >= 4 is 29.9 Å². The van der Waals surface area contributed by atoms with Gasteiger partial charge in [-0.1, -0.05) is 24.3 Å². The first kappa shape index (κ1) is 21.8. The first-order chi connectivity index (χ1) is 13.0. The largest absolute Gasteiger partial charge is 0.391 e. The number of aryl methyl sites for hydroxylation is 1. The standard InChI is InChI=1S/C20H22FN3O3.ClH/c1-12-5-4-7-15(19(26)23-10-13-9-22-11-17(13)25)18(12)24-20(27)14-6-2-3-8-16(14)21;/h2-8,13,17,22,25H,9-11H2,1H3,(H,23,26)(H,24,27);1H. The van der Waals surface area contributed by atoms with Crippen molar-refractivity contribution in [3.63, 3.8) is 0 Å². The molecule has 1 fully saturated rings. The van der Waals surface area contributed by atoms with Gasteiger partial charge in [0.25, 0.3) is 11.8 Å². The van der Waals surface area contributed by atoms with Gasteiger partial charge in [-0.3, -0.25) is 9.59 Å². The first-order valence-corrected chi connectivity index (χ1v) is 8.80. The van der Waals surface area contributed by atoms with Gasteiger partial charge in [-0.15, -0.1) is 12.4 Å². The van der Waals surface area contributed by atoms with Crippen LogP contribution in [0.4, 0.5) is 10.1 Å². The molecule has 0 spiro atoms. The Balaban J connectivity index is 0.00000280. The van der Waals surface area contributed by atoms with Gasteiger partial charge < -0.3 is 21.1 Å². The summed E-state index contributed by atoms with van der Waals surface area (Å²) in [7, 11) is 0. The van der Waals surface area contributed by atoms with Crippen LogP contribution in [0.3, 0.4) is 0 Å². The number of carbonyl (C=O) groups excluding carboxylic acids is 2. The molecule has 8 heteroatoms. The Bertz CT molecular complexity index is 862. The number of aliphatic hydroxyl groups is 1. The van der Waals surface area contributed by atoms with Crippen molar-refractivity contribution in [3.05, 3.63) is 65.0 Å². The Hall–Kier alpha value is -2.48. The van der Waals surface area contributed by atoms with Gasteiger partial charge in [0.2, 0.25) is 0 Å². The van der Waals surface area contributed by atoms with E-state index >= 15 is 0 Å². The average Bonchev–Trinajstić information content (AvgIpc) is 3.06. The second kappa shape index (κ2) is 9.64. The van der Waals surface area contributed by atoms with Gasteiger partial charge in [-0.2, -0.15) is 0 Å². The first-order valence-electron chi connectivity index (χ1n) is 8.80. The molecule has 1 aliphatic rings. The van der Waals surface area contributed by atoms with Crippen LogP contribution in [0.1, 0.15) is 26.3 Å². The molecule has 0 bridgehead atoms. The van der Waals surface area contributed by atoms with Crippen LogP contribution in [0.5, 0.6) is 0 Å². The minimum absolute atomic E-state index is 0. The highest BCUT2D eigenvalue weighted by molar-refractivity contribution is 6.09. The zero-order valence-electron chi connectivity index (χ0n) is 15.4. The number of anilines is 1. The maximum Gasteiger partial charge on any atom is 0.258 e. The zero-order valence-corrected chi connectivity index (χ0v) is 16.2. The normalized spacial score (nSPS) is 18.2. The summed E-state index contributed by atoms with van der Waals surface area (Å²) in [4.78, 5) is 25.1. The van der Waals surface area contributed by atoms with E-state index in [1.165, 1.54) is 18.2 Å². The highest BCUT2D eigenvalue weighted by Gasteiger charge is 2.26. The zero-order chi connectivity index (χ0) is 19.4. The number of para-hydroxylation sites is 1. The van der Waals surface area contributed by atoms with Gasteiger partial charge in [0.05, 0.1) is 22.9 Å². The number of aliphatic hydroxyl groups excluding tert-OH is 1. The van der Waals surface area contributed by atoms with Gasteiger partial charge in [0.15, 0.2) is 0 Å². The van der Waals surface area contributed by atoms with Crippen LogP contribution in [-0.2, 0) is 0 Å². The van der Waals surface area contributed by atoms with E-state index in [-0.39, 0.29) is 29.8 Å². The van der Waals surface area contributed by atoms with E-state index in [0.717, 1.165) is 0 Å². The third-order valence-corrected chi connectivity index (χ3v) is 4.70. The summed E-state index contributed by atoms with van der Waals surface area (Å²) in [6.07, 6.45) is -0.497. The number of halogens is 2. The van der Waals surface area contributed by atoms with Crippen LogP contribution >= 0.6 is 12.4 Å². The van der Waals surface area contributed by atoms with Crippen LogP contribution in [0, 0.1) is 18.7 Å². The van der Waals surface area contributed by atoms with Crippen LogP contribution in [0.25, 0.3) is 0 Å². The van der Waals surface area contributed by atoms with E-state index < -0.39 is 17.8 Å². The SMILES string of the molecule is Cc1cccc(C(=O)NCC2CNCC2O)c1NC(=O)c1ccccc1F.Cl. The van der Waals surface area contributed by atoms with E-state index in [1.807, 2.05) is 0 Å². The molecular weight excluding hydrogens is 385 g/mol. The average molecular weight is 408 g/mol. The van der Waals surface area contributed by atoms with Gasteiger partial charge >= 0.3 is 0 Å². The fourth-order valence-corrected chi connectivity index (χ4v) is 3.10. The predicted octanol–water partition coefficient (Wildman–Crippen LogP) is 2.12. The fourth-order valence-electron chi connectivity index (χ4n) is 3.10. The molecule has 0 aliphatic carbocycles. The monoisotopic (exact) mass is 407 g/mol. The van der Waals surface area contributed by atoms with Crippen molar-refractivity contribution in [3.8, 4) is 0 Å². The molecule has 2 aromatic rings. The molecule has 4 N–H and O–H groups in total. The van der Waals surface area contributed by atoms with Crippen LogP contribution < -0.4 is 16.0 Å². The lowest BCUT2D eigenvalue weighted by atomic mass is 10.0. The lowest BCUT2D eigenvalue weighted by Crippen LogP contribution is -2.34. The number of hydrogen-bond donors (Lipinski definition) is 4. The van der Waals surface area contributed by atoms with Crippen LogP contribution in [-0.4, -0.2) is 42.7 Å². The number of carbonyl (C=O) groups is 2. The second-order valence-electron chi connectivity index (χ2n) is 6.63. The van der Waals surface area contributed by atoms with Crippen molar-refractivity contribution in [2.45, 2.75) is 13.0 Å². The molecule has 0 aromatic heterocycles. The van der Waals surface area contributed by atoms with Gasteiger partial charge in [-0.05, 0) is 30.7 Å². The molecular formula is C20H23ClFN3O3. The third-order valence-electron chi connectivity index (χ3n) is 4.70. The maximum atomic E-state index is 13.9. The number of benzene rings is 2. The van der Waals surface area contributed by atoms with Gasteiger partial charge in [0.1, 0.15) is 5.82 Å². The van der Waals surface area contributed by atoms with Crippen molar-refractivity contribution < 1.29 is 19.1 Å². The summed E-state index contributed by atoms with van der Waals surface area (Å²) in [5.41, 5.74) is 1.23. The number of rotatable bonds is 5. The molecule has 28 heavy (non-hydrogen) atoms. The molecule has 1 saturated heterocycles. The molecule has 3 rings (SSSR count). The third kappa shape index (κ3) is 4.86. The van der Waals surface area contributed by atoms with Crippen molar-refractivity contribution in [2.75, 3.05) is 25.0 Å². The quantitative estimate of drug-likeness (QED) is 0.611. The molecule has 6 nitrogen and oxygen atoms in total. The topological polar surface area (TPSA) is 90.5 Å². The minimum atomic E-state index is -0.627. The molecule has 2 amide bonds. The fraction of sp³-hybridized carbons (Fsp3) is 0.300. The van der Waals surface area contributed by atoms with E-state index in [4.69, 9.17) is 0 Å². The van der Waals surface area contributed by atoms with Crippen LogP contribution in [0.15, 0.2) is 42.5 Å². The Morgan fingerprint density at radius 2 is 1.82 bits per heavy atom. The Morgan fingerprint density at radius 1 is 1.11 bits per heavy atom. The molecule has 2 atom stereocenters. The summed E-state index contributed by atoms with van der Waals surface area (Å²) >= 11 is 0. The van der Waals surface area contributed by atoms with E-state index in [1.54, 1.807) is 31.2 Å². The predicted molar refractivity (Wildman–Crippen MR) is 107 cm³/mol. The van der Waals surface area contributed by atoms with Crippen LogP contribution in [0.2, 0.25) is 0 Å². The van der Waals surface area contributed by atoms with E-state index in [2.05, 4.69) is 16.0 Å². The van der Waals surface area contributed by atoms with Gasteiger partial charge in [-0.25, -0.2) is 4.39 Å². The van der Waals surface area contributed by atoms with Crippen molar-refractivity contribution in [1.29, 1.82) is 0 Å². The molecule has 0 radical (unpaired) electrons.